The van der Waals surface area contributed by atoms with Crippen molar-refractivity contribution in [3.63, 3.8) is 0 Å². The summed E-state index contributed by atoms with van der Waals surface area (Å²) in [5.41, 5.74) is 7.28. The maximum absolute atomic E-state index is 12.5. The Labute approximate surface area is 166 Å². The molecule has 2 amide bonds. The van der Waals surface area contributed by atoms with Crippen LogP contribution in [0.5, 0.6) is 11.5 Å². The monoisotopic (exact) mass is 394 g/mol. The van der Waals surface area contributed by atoms with E-state index in [1.54, 1.807) is 30.3 Å². The minimum atomic E-state index is -0.397. The van der Waals surface area contributed by atoms with Crippen molar-refractivity contribution in [2.75, 3.05) is 6.61 Å². The summed E-state index contributed by atoms with van der Waals surface area (Å²) in [6.07, 6.45) is 0. The van der Waals surface area contributed by atoms with Crippen LogP contribution in [0.2, 0.25) is 0 Å². The van der Waals surface area contributed by atoms with Gasteiger partial charge in [-0.3, -0.25) is 20.4 Å². The number of carbonyl (C=O) groups is 2. The molecular weight excluding hydrogens is 376 g/mol. The molecule has 0 saturated heterocycles. The number of fused-ring (bicyclic) bond motifs is 3. The Morgan fingerprint density at radius 3 is 2.61 bits per heavy atom. The van der Waals surface area contributed by atoms with E-state index in [4.69, 9.17) is 9.47 Å². The summed E-state index contributed by atoms with van der Waals surface area (Å²) < 4.78 is 11.1. The third-order valence-corrected chi connectivity index (χ3v) is 5.47. The standard InChI is InChI=1S/C21H18N2O4S/c1-2-26-15-9-7-13(8-10-15)20(24)22-23-21(25)18-11-14-12-27-17-6-4-3-5-16(17)19(14)28-18/h3-11H,2,12H2,1H3,(H,22,24)(H,23,25). The summed E-state index contributed by atoms with van der Waals surface area (Å²) in [5.74, 6) is 0.741. The van der Waals surface area contributed by atoms with Gasteiger partial charge in [-0.15, -0.1) is 11.3 Å². The molecule has 1 aromatic heterocycles. The first-order valence-electron chi connectivity index (χ1n) is 8.84. The van der Waals surface area contributed by atoms with Crippen LogP contribution in [0.3, 0.4) is 0 Å². The van der Waals surface area contributed by atoms with Crippen LogP contribution in [-0.4, -0.2) is 18.4 Å². The average Bonchev–Trinajstić information content (AvgIpc) is 3.17. The van der Waals surface area contributed by atoms with Gasteiger partial charge in [-0.2, -0.15) is 0 Å². The van der Waals surface area contributed by atoms with Gasteiger partial charge in [0.1, 0.15) is 18.1 Å². The van der Waals surface area contributed by atoms with Gasteiger partial charge in [0.25, 0.3) is 11.8 Å². The lowest BCUT2D eigenvalue weighted by Gasteiger charge is -2.16. The molecule has 0 radical (unpaired) electrons. The van der Waals surface area contributed by atoms with Crippen LogP contribution in [0.15, 0.2) is 54.6 Å². The second-order valence-corrected chi connectivity index (χ2v) is 7.17. The molecule has 0 bridgehead atoms. The molecule has 2 aromatic carbocycles. The molecule has 0 unspecified atom stereocenters. The highest BCUT2D eigenvalue weighted by Crippen LogP contribution is 2.42. The molecule has 1 aliphatic rings. The van der Waals surface area contributed by atoms with Crippen molar-refractivity contribution >= 4 is 23.2 Å². The minimum absolute atomic E-state index is 0.365. The van der Waals surface area contributed by atoms with Gasteiger partial charge in [0.2, 0.25) is 0 Å². The van der Waals surface area contributed by atoms with Gasteiger partial charge in [-0.05, 0) is 49.4 Å². The first-order chi connectivity index (χ1) is 13.7. The molecule has 7 heteroatoms. The van der Waals surface area contributed by atoms with Crippen LogP contribution >= 0.6 is 11.3 Å². The topological polar surface area (TPSA) is 76.7 Å². The fraction of sp³-hybridized carbons (Fsp3) is 0.143. The summed E-state index contributed by atoms with van der Waals surface area (Å²) in [5, 5.41) is 0. The molecule has 1 aliphatic heterocycles. The van der Waals surface area contributed by atoms with E-state index in [1.165, 1.54) is 11.3 Å². The zero-order valence-corrected chi connectivity index (χ0v) is 16.0. The molecule has 2 heterocycles. The predicted molar refractivity (Wildman–Crippen MR) is 107 cm³/mol. The fourth-order valence-electron chi connectivity index (χ4n) is 2.93. The van der Waals surface area contributed by atoms with Crippen molar-refractivity contribution in [2.45, 2.75) is 13.5 Å². The highest BCUT2D eigenvalue weighted by atomic mass is 32.1. The molecule has 0 saturated carbocycles. The first kappa shape index (κ1) is 18.1. The third kappa shape index (κ3) is 3.57. The zero-order chi connectivity index (χ0) is 19.5. The van der Waals surface area contributed by atoms with Crippen LogP contribution in [-0.2, 0) is 6.61 Å². The maximum Gasteiger partial charge on any atom is 0.279 e. The molecule has 0 atom stereocenters. The van der Waals surface area contributed by atoms with E-state index in [-0.39, 0.29) is 5.91 Å². The molecule has 28 heavy (non-hydrogen) atoms. The average molecular weight is 394 g/mol. The molecule has 0 fully saturated rings. The largest absolute Gasteiger partial charge is 0.494 e. The second kappa shape index (κ2) is 7.74. The van der Waals surface area contributed by atoms with E-state index < -0.39 is 5.91 Å². The van der Waals surface area contributed by atoms with E-state index in [0.29, 0.717) is 29.4 Å². The highest BCUT2D eigenvalue weighted by molar-refractivity contribution is 7.17. The van der Waals surface area contributed by atoms with Gasteiger partial charge in [0.15, 0.2) is 0 Å². The van der Waals surface area contributed by atoms with Gasteiger partial charge in [-0.1, -0.05) is 12.1 Å². The number of hydrogen-bond donors (Lipinski definition) is 2. The molecule has 2 N–H and O–H groups in total. The Hall–Kier alpha value is -3.32. The van der Waals surface area contributed by atoms with Crippen molar-refractivity contribution in [2.24, 2.45) is 0 Å². The van der Waals surface area contributed by atoms with Crippen molar-refractivity contribution in [3.05, 3.63) is 70.6 Å². The number of para-hydroxylation sites is 1. The van der Waals surface area contributed by atoms with E-state index in [0.717, 1.165) is 21.8 Å². The van der Waals surface area contributed by atoms with Gasteiger partial charge in [0.05, 0.1) is 11.5 Å². The SMILES string of the molecule is CCOc1ccc(C(=O)NNC(=O)c2cc3c(s2)-c2ccccc2OC3)cc1. The van der Waals surface area contributed by atoms with E-state index in [1.807, 2.05) is 31.2 Å². The normalized spacial score (nSPS) is 11.6. The molecular formula is C21H18N2O4S. The molecule has 0 spiro atoms. The smallest absolute Gasteiger partial charge is 0.279 e. The molecule has 0 aliphatic carbocycles. The molecule has 4 rings (SSSR count). The summed E-state index contributed by atoms with van der Waals surface area (Å²) in [6, 6.07) is 16.3. The highest BCUT2D eigenvalue weighted by Gasteiger charge is 2.22. The Morgan fingerprint density at radius 1 is 1.07 bits per heavy atom. The zero-order valence-electron chi connectivity index (χ0n) is 15.2. The van der Waals surface area contributed by atoms with Crippen molar-refractivity contribution in [1.82, 2.24) is 10.9 Å². The number of benzene rings is 2. The Kier molecular flexibility index (Phi) is 4.99. The van der Waals surface area contributed by atoms with Gasteiger partial charge < -0.3 is 9.47 Å². The van der Waals surface area contributed by atoms with Crippen LogP contribution in [0, 0.1) is 0 Å². The second-order valence-electron chi connectivity index (χ2n) is 6.12. The Bertz CT molecular complexity index is 1030. The Morgan fingerprint density at radius 2 is 1.82 bits per heavy atom. The number of thiophene rings is 1. The van der Waals surface area contributed by atoms with Crippen LogP contribution in [0.25, 0.3) is 10.4 Å². The lowest BCUT2D eigenvalue weighted by Crippen LogP contribution is -2.41. The number of carbonyl (C=O) groups excluding carboxylic acids is 2. The third-order valence-electron chi connectivity index (χ3n) is 4.26. The van der Waals surface area contributed by atoms with Gasteiger partial charge >= 0.3 is 0 Å². The summed E-state index contributed by atoms with van der Waals surface area (Å²) in [6.45, 7) is 2.87. The summed E-state index contributed by atoms with van der Waals surface area (Å²) >= 11 is 1.38. The molecule has 142 valence electrons. The number of nitrogens with one attached hydrogen (secondary N) is 2. The van der Waals surface area contributed by atoms with E-state index in [9.17, 15) is 9.59 Å². The number of hydrogen-bond acceptors (Lipinski definition) is 5. The van der Waals surface area contributed by atoms with Gasteiger partial charge in [0, 0.05) is 21.6 Å². The van der Waals surface area contributed by atoms with E-state index in [2.05, 4.69) is 10.9 Å². The summed E-state index contributed by atoms with van der Waals surface area (Å²) in [7, 11) is 0. The molecule has 3 aromatic rings. The van der Waals surface area contributed by atoms with E-state index >= 15 is 0 Å². The fourth-order valence-corrected chi connectivity index (χ4v) is 4.02. The van der Waals surface area contributed by atoms with Crippen LogP contribution in [0.1, 0.15) is 32.5 Å². The number of hydrazine groups is 1. The summed E-state index contributed by atoms with van der Waals surface area (Å²) in [4.78, 5) is 26.2. The Balaban J connectivity index is 1.42. The number of rotatable bonds is 4. The van der Waals surface area contributed by atoms with Gasteiger partial charge in [-0.25, -0.2) is 0 Å². The lowest BCUT2D eigenvalue weighted by atomic mass is 10.1. The van der Waals surface area contributed by atoms with Crippen molar-refractivity contribution in [1.29, 1.82) is 0 Å². The predicted octanol–water partition coefficient (Wildman–Crippen LogP) is 3.78. The van der Waals surface area contributed by atoms with Crippen molar-refractivity contribution in [3.8, 4) is 21.9 Å². The van der Waals surface area contributed by atoms with Crippen LogP contribution in [0.4, 0.5) is 0 Å². The first-order valence-corrected chi connectivity index (χ1v) is 9.66. The number of amides is 2. The molecule has 6 nitrogen and oxygen atoms in total. The van der Waals surface area contributed by atoms with Crippen LogP contribution < -0.4 is 20.3 Å². The maximum atomic E-state index is 12.5. The minimum Gasteiger partial charge on any atom is -0.494 e. The van der Waals surface area contributed by atoms with Crippen molar-refractivity contribution < 1.29 is 19.1 Å². The quantitative estimate of drug-likeness (QED) is 0.661. The lowest BCUT2D eigenvalue weighted by molar-refractivity contribution is 0.0849. The number of ether oxygens (including phenoxy) is 2.